The minimum Gasteiger partial charge on any atom is -0.422 e. The fourth-order valence-electron chi connectivity index (χ4n) is 4.60. The van der Waals surface area contributed by atoms with Crippen molar-refractivity contribution in [2.24, 2.45) is 11.7 Å². The van der Waals surface area contributed by atoms with Gasteiger partial charge < -0.3 is 15.4 Å². The van der Waals surface area contributed by atoms with Crippen molar-refractivity contribution in [2.45, 2.75) is 40.0 Å². The molecule has 1 aliphatic heterocycles. The van der Waals surface area contributed by atoms with E-state index in [0.717, 1.165) is 42.6 Å². The number of piperidine rings is 1. The smallest absolute Gasteiger partial charge is 0.308 e. The van der Waals surface area contributed by atoms with Crippen molar-refractivity contribution in [1.29, 1.82) is 0 Å². The van der Waals surface area contributed by atoms with Crippen molar-refractivity contribution >= 4 is 17.6 Å². The van der Waals surface area contributed by atoms with E-state index in [1.54, 1.807) is 19.1 Å². The van der Waals surface area contributed by atoms with Crippen LogP contribution in [0.15, 0.2) is 42.5 Å². The third kappa shape index (κ3) is 5.65. The quantitative estimate of drug-likeness (QED) is 0.530. The number of aryl methyl sites for hydroxylation is 2. The lowest BCUT2D eigenvalue weighted by Crippen LogP contribution is -2.34. The number of carbonyl (C=O) groups is 2. The number of nitrogens with two attached hydrogens (primary N) is 1. The molecule has 0 aliphatic carbocycles. The molecule has 1 fully saturated rings. The van der Waals surface area contributed by atoms with E-state index in [-0.39, 0.29) is 17.3 Å². The van der Waals surface area contributed by atoms with E-state index >= 15 is 0 Å². The number of nitrogens with zero attached hydrogens (tertiary/aromatic N) is 3. The van der Waals surface area contributed by atoms with Crippen LogP contribution in [0.2, 0.25) is 0 Å². The maximum atomic E-state index is 13.3. The average Bonchev–Trinajstić information content (AvgIpc) is 2.81. The van der Waals surface area contributed by atoms with Crippen LogP contribution in [0.5, 0.6) is 5.75 Å². The van der Waals surface area contributed by atoms with Gasteiger partial charge in [0.25, 0.3) is 5.91 Å². The molecule has 1 aliphatic rings. The molecule has 1 saturated heterocycles. The number of carbonyl (C=O) groups excluding carboxylic acids is 2. The normalized spacial score (nSPS) is 14.1. The molecule has 3 aromatic rings. The topological polar surface area (TPSA) is 98.4 Å². The number of halogens is 1. The lowest BCUT2D eigenvalue weighted by molar-refractivity contribution is -0.132. The number of primary amides is 1. The van der Waals surface area contributed by atoms with Crippen molar-refractivity contribution in [3.8, 4) is 16.9 Å². The van der Waals surface area contributed by atoms with Gasteiger partial charge in [0.1, 0.15) is 11.6 Å². The van der Waals surface area contributed by atoms with Gasteiger partial charge in [0.15, 0.2) is 11.4 Å². The minimum absolute atomic E-state index is 0.0306. The van der Waals surface area contributed by atoms with Crippen molar-refractivity contribution in [3.05, 3.63) is 71.1 Å². The molecule has 4 rings (SSSR count). The number of hydrogen-bond acceptors (Lipinski definition) is 6. The zero-order valence-corrected chi connectivity index (χ0v) is 20.2. The summed E-state index contributed by atoms with van der Waals surface area (Å²) in [7, 11) is 0. The van der Waals surface area contributed by atoms with E-state index in [9.17, 15) is 14.0 Å². The fourth-order valence-corrected chi connectivity index (χ4v) is 4.60. The van der Waals surface area contributed by atoms with E-state index in [4.69, 9.17) is 10.5 Å². The molecule has 1 amide bonds. The number of rotatable bonds is 6. The van der Waals surface area contributed by atoms with Crippen LogP contribution in [-0.2, 0) is 11.2 Å². The molecule has 0 spiro atoms. The van der Waals surface area contributed by atoms with Crippen LogP contribution in [0.25, 0.3) is 11.1 Å². The second-order valence-corrected chi connectivity index (χ2v) is 9.00. The number of aromatic nitrogens is 2. The van der Waals surface area contributed by atoms with Gasteiger partial charge >= 0.3 is 5.97 Å². The molecule has 0 atom stereocenters. The Balaban J connectivity index is 1.42. The first-order valence-electron chi connectivity index (χ1n) is 11.7. The Morgan fingerprint density at radius 2 is 1.77 bits per heavy atom. The lowest BCUT2D eigenvalue weighted by atomic mass is 9.92. The third-order valence-electron chi connectivity index (χ3n) is 6.38. The van der Waals surface area contributed by atoms with Gasteiger partial charge in [-0.3, -0.25) is 9.59 Å². The van der Waals surface area contributed by atoms with Gasteiger partial charge in [0.2, 0.25) is 0 Å². The Morgan fingerprint density at radius 1 is 1.09 bits per heavy atom. The first-order valence-corrected chi connectivity index (χ1v) is 11.7. The molecule has 2 aromatic carbocycles. The summed E-state index contributed by atoms with van der Waals surface area (Å²) in [5, 5.41) is 0. The van der Waals surface area contributed by atoms with Crippen LogP contribution in [0.3, 0.4) is 0 Å². The van der Waals surface area contributed by atoms with Gasteiger partial charge in [-0.1, -0.05) is 18.2 Å². The highest BCUT2D eigenvalue weighted by molar-refractivity contribution is 5.94. The van der Waals surface area contributed by atoms with E-state index in [0.29, 0.717) is 23.9 Å². The number of ether oxygens (including phenoxy) is 1. The number of benzene rings is 2. The molecule has 0 bridgehead atoms. The van der Waals surface area contributed by atoms with Crippen molar-refractivity contribution in [2.75, 3.05) is 18.0 Å². The van der Waals surface area contributed by atoms with Crippen LogP contribution in [0.4, 0.5) is 10.1 Å². The number of amides is 1. The highest BCUT2D eigenvalue weighted by atomic mass is 19.1. The van der Waals surface area contributed by atoms with Crippen LogP contribution >= 0.6 is 0 Å². The van der Waals surface area contributed by atoms with Crippen molar-refractivity contribution in [1.82, 2.24) is 9.97 Å². The molecule has 0 radical (unpaired) electrons. The van der Waals surface area contributed by atoms with Crippen LogP contribution in [-0.4, -0.2) is 34.9 Å². The summed E-state index contributed by atoms with van der Waals surface area (Å²) < 4.78 is 18.4. The number of esters is 1. The summed E-state index contributed by atoms with van der Waals surface area (Å²) in [6.07, 6.45) is 2.54. The molecule has 0 unspecified atom stereocenters. The second-order valence-electron chi connectivity index (χ2n) is 9.00. The molecule has 182 valence electrons. The Bertz CT molecular complexity index is 1250. The summed E-state index contributed by atoms with van der Waals surface area (Å²) in [5.74, 6) is -0.612. The Labute approximate surface area is 204 Å². The van der Waals surface area contributed by atoms with E-state index in [1.165, 1.54) is 24.7 Å². The van der Waals surface area contributed by atoms with Gasteiger partial charge in [0, 0.05) is 32.1 Å². The largest absolute Gasteiger partial charge is 0.422 e. The zero-order valence-electron chi connectivity index (χ0n) is 20.2. The van der Waals surface area contributed by atoms with E-state index in [2.05, 4.69) is 40.0 Å². The lowest BCUT2D eigenvalue weighted by Gasteiger charge is -2.34. The van der Waals surface area contributed by atoms with Crippen molar-refractivity contribution in [3.63, 3.8) is 0 Å². The van der Waals surface area contributed by atoms with E-state index < -0.39 is 11.9 Å². The summed E-state index contributed by atoms with van der Waals surface area (Å²) in [6.45, 7) is 6.80. The Morgan fingerprint density at radius 3 is 2.37 bits per heavy atom. The summed E-state index contributed by atoms with van der Waals surface area (Å²) in [5.41, 5.74) is 10.2. The zero-order chi connectivity index (χ0) is 25.1. The molecule has 2 N–H and O–H groups in total. The highest BCUT2D eigenvalue weighted by Gasteiger charge is 2.24. The van der Waals surface area contributed by atoms with Crippen LogP contribution in [0.1, 0.15) is 47.3 Å². The Hall–Kier alpha value is -3.81. The van der Waals surface area contributed by atoms with Gasteiger partial charge in [-0.05, 0) is 73.6 Å². The molecular formula is C27H29FN4O3. The fraction of sp³-hybridized carbons (Fsp3) is 0.333. The maximum Gasteiger partial charge on any atom is 0.308 e. The monoisotopic (exact) mass is 476 g/mol. The van der Waals surface area contributed by atoms with Crippen molar-refractivity contribution < 1.29 is 18.7 Å². The van der Waals surface area contributed by atoms with Crippen LogP contribution in [0, 0.1) is 25.6 Å². The van der Waals surface area contributed by atoms with Crippen LogP contribution < -0.4 is 15.4 Å². The second kappa shape index (κ2) is 10.2. The standard InChI is InChI=1S/C27H29FN4O3/c1-16-14-22(8-9-23(16)20-4-6-21(28)7-5-20)32-12-10-19(11-13-32)15-24-30-17(2)26(35-18(3)33)25(31-24)27(29)34/h4-9,14,19H,10-13,15H2,1-3H3,(H2,29,34). The third-order valence-corrected chi connectivity index (χ3v) is 6.38. The average molecular weight is 477 g/mol. The first-order chi connectivity index (χ1) is 16.7. The summed E-state index contributed by atoms with van der Waals surface area (Å²) >= 11 is 0. The first kappa shape index (κ1) is 24.3. The molecule has 0 saturated carbocycles. The molecule has 2 heterocycles. The Kier molecular flexibility index (Phi) is 7.10. The van der Waals surface area contributed by atoms with Gasteiger partial charge in [-0.15, -0.1) is 0 Å². The van der Waals surface area contributed by atoms with E-state index in [1.807, 2.05) is 0 Å². The molecule has 8 heteroatoms. The summed E-state index contributed by atoms with van der Waals surface area (Å²) in [6, 6.07) is 13.0. The number of hydrogen-bond donors (Lipinski definition) is 1. The molecule has 1 aromatic heterocycles. The maximum absolute atomic E-state index is 13.3. The number of anilines is 1. The predicted molar refractivity (Wildman–Crippen MR) is 132 cm³/mol. The molecular weight excluding hydrogens is 447 g/mol. The molecule has 7 nitrogen and oxygen atoms in total. The van der Waals surface area contributed by atoms with Gasteiger partial charge in [-0.25, -0.2) is 14.4 Å². The molecule has 35 heavy (non-hydrogen) atoms. The summed E-state index contributed by atoms with van der Waals surface area (Å²) in [4.78, 5) is 34.4. The minimum atomic E-state index is -0.748. The predicted octanol–water partition coefficient (Wildman–Crippen LogP) is 4.38. The van der Waals surface area contributed by atoms with Gasteiger partial charge in [-0.2, -0.15) is 0 Å². The van der Waals surface area contributed by atoms with Gasteiger partial charge in [0.05, 0.1) is 5.69 Å². The SMILES string of the molecule is CC(=O)Oc1c(C)nc(CC2CCN(c3ccc(-c4ccc(F)cc4)c(C)c3)CC2)nc1C(N)=O. The highest BCUT2D eigenvalue weighted by Crippen LogP contribution is 2.31.